The minimum Gasteiger partial charge on any atom is -0.481 e. The first-order chi connectivity index (χ1) is 14.4. The van der Waals surface area contributed by atoms with Crippen molar-refractivity contribution in [1.82, 2.24) is 9.97 Å². The molecule has 1 N–H and O–H groups in total. The second-order valence-corrected chi connectivity index (χ2v) is 7.90. The lowest BCUT2D eigenvalue weighted by molar-refractivity contribution is -0.138. The SMILES string of the molecule is CC(C)c1ccccc1-c1ccc(F)c(COc2cnc([C@H]3C[C@@H]3C(=O)O)cn2)c1. The molecule has 30 heavy (non-hydrogen) atoms. The number of carbonyl (C=O) groups is 1. The molecule has 1 aromatic heterocycles. The number of nitrogens with zero attached hydrogens (tertiary/aromatic N) is 2. The Morgan fingerprint density at radius 2 is 2.00 bits per heavy atom. The van der Waals surface area contributed by atoms with Gasteiger partial charge in [0.05, 0.1) is 24.0 Å². The molecule has 1 heterocycles. The topological polar surface area (TPSA) is 72.3 Å². The molecule has 1 fully saturated rings. The van der Waals surface area contributed by atoms with E-state index in [9.17, 15) is 9.18 Å². The molecule has 1 saturated carbocycles. The minimum atomic E-state index is -0.809. The summed E-state index contributed by atoms with van der Waals surface area (Å²) in [4.78, 5) is 19.4. The second kappa shape index (κ2) is 8.22. The Morgan fingerprint density at radius 3 is 2.67 bits per heavy atom. The van der Waals surface area contributed by atoms with Crippen LogP contribution >= 0.6 is 0 Å². The van der Waals surface area contributed by atoms with Gasteiger partial charge in [0.2, 0.25) is 5.88 Å². The van der Waals surface area contributed by atoms with Crippen molar-refractivity contribution in [3.63, 3.8) is 0 Å². The van der Waals surface area contributed by atoms with Crippen molar-refractivity contribution in [2.45, 2.75) is 38.7 Å². The van der Waals surface area contributed by atoms with Crippen LogP contribution < -0.4 is 4.74 Å². The molecule has 6 heteroatoms. The van der Waals surface area contributed by atoms with Gasteiger partial charge in [-0.2, -0.15) is 0 Å². The quantitative estimate of drug-likeness (QED) is 0.586. The molecule has 0 bridgehead atoms. The molecule has 0 amide bonds. The van der Waals surface area contributed by atoms with Gasteiger partial charge in [0.15, 0.2) is 0 Å². The van der Waals surface area contributed by atoms with E-state index in [0.717, 1.165) is 11.1 Å². The number of benzene rings is 2. The average molecular weight is 406 g/mol. The molecule has 4 rings (SSSR count). The summed E-state index contributed by atoms with van der Waals surface area (Å²) in [5, 5.41) is 9.02. The van der Waals surface area contributed by atoms with E-state index in [1.54, 1.807) is 12.1 Å². The van der Waals surface area contributed by atoms with Crippen molar-refractivity contribution in [2.75, 3.05) is 0 Å². The van der Waals surface area contributed by atoms with Crippen LogP contribution in [-0.4, -0.2) is 21.0 Å². The number of hydrogen-bond acceptors (Lipinski definition) is 4. The number of hydrogen-bond donors (Lipinski definition) is 1. The highest BCUT2D eigenvalue weighted by molar-refractivity contribution is 5.75. The molecule has 5 nitrogen and oxygen atoms in total. The van der Waals surface area contributed by atoms with E-state index in [4.69, 9.17) is 9.84 Å². The third-order valence-corrected chi connectivity index (χ3v) is 5.45. The van der Waals surface area contributed by atoms with Gasteiger partial charge < -0.3 is 9.84 Å². The number of aliphatic carboxylic acids is 1. The fraction of sp³-hybridized carbons (Fsp3) is 0.292. The van der Waals surface area contributed by atoms with Crippen molar-refractivity contribution < 1.29 is 19.0 Å². The van der Waals surface area contributed by atoms with Gasteiger partial charge in [-0.25, -0.2) is 9.37 Å². The summed E-state index contributed by atoms with van der Waals surface area (Å²) < 4.78 is 20.0. The van der Waals surface area contributed by atoms with Gasteiger partial charge in [-0.05, 0) is 41.2 Å². The third kappa shape index (κ3) is 4.17. The molecule has 0 aliphatic heterocycles. The molecule has 0 saturated heterocycles. The van der Waals surface area contributed by atoms with Crippen molar-refractivity contribution in [3.8, 4) is 17.0 Å². The zero-order valence-corrected chi connectivity index (χ0v) is 16.9. The monoisotopic (exact) mass is 406 g/mol. The van der Waals surface area contributed by atoms with Crippen LogP contribution in [0, 0.1) is 11.7 Å². The number of carboxylic acid groups (broad SMARTS) is 1. The zero-order chi connectivity index (χ0) is 21.3. The van der Waals surface area contributed by atoms with Crippen LogP contribution in [0.15, 0.2) is 54.9 Å². The van der Waals surface area contributed by atoms with Crippen molar-refractivity contribution in [3.05, 3.63) is 77.5 Å². The minimum absolute atomic E-state index is 0.0265. The molecule has 2 atom stereocenters. The Hall–Kier alpha value is -3.28. The van der Waals surface area contributed by atoms with E-state index in [0.29, 0.717) is 23.6 Å². The number of aromatic nitrogens is 2. The lowest BCUT2D eigenvalue weighted by atomic mass is 9.92. The molecular weight excluding hydrogens is 383 g/mol. The standard InChI is InChI=1S/C24H23FN2O3/c1-14(2)17-5-3-4-6-18(17)15-7-8-21(25)16(9-15)13-30-23-12-26-22(11-27-23)19-10-20(19)24(28)29/h3-9,11-12,14,19-20H,10,13H2,1-2H3,(H,28,29)/t19-,20-/m0/s1. The Morgan fingerprint density at radius 1 is 1.20 bits per heavy atom. The average Bonchev–Trinajstić information content (AvgIpc) is 3.55. The van der Waals surface area contributed by atoms with E-state index in [-0.39, 0.29) is 30.1 Å². The van der Waals surface area contributed by atoms with E-state index in [1.165, 1.54) is 24.0 Å². The number of rotatable bonds is 7. The van der Waals surface area contributed by atoms with Crippen LogP contribution in [0.1, 0.15) is 48.9 Å². The summed E-state index contributed by atoms with van der Waals surface area (Å²) in [7, 11) is 0. The Labute approximate surface area is 174 Å². The van der Waals surface area contributed by atoms with Gasteiger partial charge in [0.1, 0.15) is 12.4 Å². The molecule has 0 unspecified atom stereocenters. The Kier molecular flexibility index (Phi) is 5.48. The van der Waals surface area contributed by atoms with Crippen LogP contribution in [0.25, 0.3) is 11.1 Å². The van der Waals surface area contributed by atoms with Gasteiger partial charge >= 0.3 is 5.97 Å². The van der Waals surface area contributed by atoms with Gasteiger partial charge in [0, 0.05) is 11.5 Å². The predicted octanol–water partition coefficient (Wildman–Crippen LogP) is 5.17. The highest BCUT2D eigenvalue weighted by Crippen LogP contribution is 2.46. The van der Waals surface area contributed by atoms with Crippen LogP contribution in [0.5, 0.6) is 5.88 Å². The molecule has 154 valence electrons. The van der Waals surface area contributed by atoms with E-state index < -0.39 is 5.97 Å². The summed E-state index contributed by atoms with van der Waals surface area (Å²) in [5.41, 5.74) is 4.31. The van der Waals surface area contributed by atoms with Crippen LogP contribution in [0.2, 0.25) is 0 Å². The van der Waals surface area contributed by atoms with Gasteiger partial charge in [-0.1, -0.05) is 44.2 Å². The molecular formula is C24H23FN2O3. The highest BCUT2D eigenvalue weighted by atomic mass is 19.1. The summed E-state index contributed by atoms with van der Waals surface area (Å²) >= 11 is 0. The fourth-order valence-electron chi connectivity index (χ4n) is 3.65. The normalized spacial score (nSPS) is 17.7. The maximum atomic E-state index is 14.4. The van der Waals surface area contributed by atoms with Crippen molar-refractivity contribution in [1.29, 1.82) is 0 Å². The van der Waals surface area contributed by atoms with E-state index >= 15 is 0 Å². The summed E-state index contributed by atoms with van der Waals surface area (Å²) in [5.74, 6) is -0.981. The highest BCUT2D eigenvalue weighted by Gasteiger charge is 2.45. The fourth-order valence-corrected chi connectivity index (χ4v) is 3.65. The molecule has 0 spiro atoms. The van der Waals surface area contributed by atoms with Crippen LogP contribution in [0.3, 0.4) is 0 Å². The zero-order valence-electron chi connectivity index (χ0n) is 16.9. The van der Waals surface area contributed by atoms with E-state index in [1.807, 2.05) is 18.2 Å². The molecule has 1 aliphatic rings. The molecule has 2 aromatic carbocycles. The number of ether oxygens (including phenoxy) is 1. The van der Waals surface area contributed by atoms with Crippen LogP contribution in [0.4, 0.5) is 4.39 Å². The lowest BCUT2D eigenvalue weighted by Crippen LogP contribution is -2.03. The predicted molar refractivity (Wildman–Crippen MR) is 111 cm³/mol. The summed E-state index contributed by atoms with van der Waals surface area (Å²) in [6.07, 6.45) is 3.58. The number of halogens is 1. The first-order valence-corrected chi connectivity index (χ1v) is 9.99. The first kappa shape index (κ1) is 20.0. The van der Waals surface area contributed by atoms with Gasteiger partial charge in [-0.15, -0.1) is 0 Å². The third-order valence-electron chi connectivity index (χ3n) is 5.45. The molecule has 3 aromatic rings. The lowest BCUT2D eigenvalue weighted by Gasteiger charge is -2.14. The molecule has 1 aliphatic carbocycles. The van der Waals surface area contributed by atoms with Gasteiger partial charge in [0.25, 0.3) is 0 Å². The largest absolute Gasteiger partial charge is 0.481 e. The van der Waals surface area contributed by atoms with Crippen molar-refractivity contribution >= 4 is 5.97 Å². The molecule has 0 radical (unpaired) electrons. The first-order valence-electron chi connectivity index (χ1n) is 9.99. The summed E-state index contributed by atoms with van der Waals surface area (Å²) in [6, 6.07) is 13.2. The van der Waals surface area contributed by atoms with E-state index in [2.05, 4.69) is 29.9 Å². The van der Waals surface area contributed by atoms with Gasteiger partial charge in [-0.3, -0.25) is 9.78 Å². The Balaban J connectivity index is 1.48. The summed E-state index contributed by atoms with van der Waals surface area (Å²) in [6.45, 7) is 4.29. The smallest absolute Gasteiger partial charge is 0.307 e. The number of carboxylic acids is 1. The second-order valence-electron chi connectivity index (χ2n) is 7.90. The maximum absolute atomic E-state index is 14.4. The van der Waals surface area contributed by atoms with Crippen LogP contribution in [-0.2, 0) is 11.4 Å². The maximum Gasteiger partial charge on any atom is 0.307 e. The Bertz CT molecular complexity index is 1070. The van der Waals surface area contributed by atoms with Crippen molar-refractivity contribution in [2.24, 2.45) is 5.92 Å².